The van der Waals surface area contributed by atoms with Crippen LogP contribution < -0.4 is 5.32 Å². The Morgan fingerprint density at radius 1 is 1.35 bits per heavy atom. The van der Waals surface area contributed by atoms with E-state index < -0.39 is 10.5 Å². The van der Waals surface area contributed by atoms with Crippen molar-refractivity contribution in [3.05, 3.63) is 38.9 Å². The molecule has 1 fully saturated rings. The van der Waals surface area contributed by atoms with Crippen LogP contribution in [0.4, 0.5) is 5.69 Å². The van der Waals surface area contributed by atoms with Crippen molar-refractivity contribution in [1.29, 1.82) is 0 Å². The molecule has 0 amide bonds. The summed E-state index contributed by atoms with van der Waals surface area (Å²) in [6.07, 6.45) is 4.84. The lowest BCUT2D eigenvalue weighted by Crippen LogP contribution is -2.41. The van der Waals surface area contributed by atoms with Gasteiger partial charge < -0.3 is 10.4 Å². The molecule has 1 aliphatic carbocycles. The molecular formula is C14H19ClN2O3. The van der Waals surface area contributed by atoms with Crippen molar-refractivity contribution in [2.75, 3.05) is 6.54 Å². The van der Waals surface area contributed by atoms with Gasteiger partial charge in [-0.3, -0.25) is 10.1 Å². The molecule has 1 aliphatic rings. The number of aliphatic hydroxyl groups is 1. The molecule has 2 rings (SSSR count). The van der Waals surface area contributed by atoms with Gasteiger partial charge in [0.2, 0.25) is 0 Å². The summed E-state index contributed by atoms with van der Waals surface area (Å²) >= 11 is 5.77. The van der Waals surface area contributed by atoms with E-state index in [4.69, 9.17) is 11.6 Å². The van der Waals surface area contributed by atoms with Gasteiger partial charge in [-0.25, -0.2) is 0 Å². The molecule has 0 unspecified atom stereocenters. The third kappa shape index (κ3) is 3.91. The average molecular weight is 299 g/mol. The van der Waals surface area contributed by atoms with Crippen LogP contribution in [0.15, 0.2) is 18.2 Å². The van der Waals surface area contributed by atoms with Crippen LogP contribution >= 0.6 is 11.6 Å². The summed E-state index contributed by atoms with van der Waals surface area (Å²) in [7, 11) is 0. The predicted molar refractivity (Wildman–Crippen MR) is 77.8 cm³/mol. The molecule has 0 aliphatic heterocycles. The highest BCUT2D eigenvalue weighted by molar-refractivity contribution is 6.30. The molecule has 1 aromatic carbocycles. The highest BCUT2D eigenvalue weighted by atomic mass is 35.5. The van der Waals surface area contributed by atoms with Crippen LogP contribution in [0.5, 0.6) is 0 Å². The summed E-state index contributed by atoms with van der Waals surface area (Å²) in [5.41, 5.74) is -0.0705. The molecule has 0 atom stereocenters. The molecule has 2 N–H and O–H groups in total. The lowest BCUT2D eigenvalue weighted by molar-refractivity contribution is -0.385. The van der Waals surface area contributed by atoms with Crippen molar-refractivity contribution in [2.45, 2.75) is 44.2 Å². The molecule has 0 bridgehead atoms. The minimum atomic E-state index is -0.667. The van der Waals surface area contributed by atoms with E-state index in [1.54, 1.807) is 12.1 Å². The van der Waals surface area contributed by atoms with E-state index in [1.165, 1.54) is 12.5 Å². The van der Waals surface area contributed by atoms with Gasteiger partial charge in [0.15, 0.2) is 0 Å². The molecule has 110 valence electrons. The summed E-state index contributed by atoms with van der Waals surface area (Å²) in [5, 5.41) is 24.8. The number of hydrogen-bond donors (Lipinski definition) is 2. The van der Waals surface area contributed by atoms with E-state index in [1.807, 2.05) is 0 Å². The quantitative estimate of drug-likeness (QED) is 0.647. The van der Waals surface area contributed by atoms with Gasteiger partial charge in [0.1, 0.15) is 0 Å². The van der Waals surface area contributed by atoms with Crippen LogP contribution in [-0.2, 0) is 6.54 Å². The zero-order valence-corrected chi connectivity index (χ0v) is 12.0. The lowest BCUT2D eigenvalue weighted by atomic mass is 9.85. The van der Waals surface area contributed by atoms with Crippen molar-refractivity contribution in [2.24, 2.45) is 0 Å². The minimum Gasteiger partial charge on any atom is -0.389 e. The molecule has 0 aromatic heterocycles. The van der Waals surface area contributed by atoms with Gasteiger partial charge in [-0.1, -0.05) is 30.9 Å². The second-order valence-electron chi connectivity index (χ2n) is 5.42. The lowest BCUT2D eigenvalue weighted by Gasteiger charge is -2.32. The normalized spacial score (nSPS) is 17.9. The third-order valence-electron chi connectivity index (χ3n) is 3.80. The number of halogens is 1. The van der Waals surface area contributed by atoms with Gasteiger partial charge >= 0.3 is 0 Å². The number of nitrogens with zero attached hydrogens (tertiary/aromatic N) is 1. The zero-order chi connectivity index (χ0) is 14.6. The van der Waals surface area contributed by atoms with E-state index >= 15 is 0 Å². The molecule has 6 heteroatoms. The molecule has 1 aromatic rings. The van der Waals surface area contributed by atoms with Crippen LogP contribution in [0.25, 0.3) is 0 Å². The molecule has 0 spiro atoms. The van der Waals surface area contributed by atoms with Gasteiger partial charge in [-0.2, -0.15) is 0 Å². The van der Waals surface area contributed by atoms with Gasteiger partial charge in [-0.05, 0) is 25.0 Å². The first-order valence-corrected chi connectivity index (χ1v) is 7.24. The Balaban J connectivity index is 1.95. The number of rotatable bonds is 5. The number of nitro groups is 1. The van der Waals surface area contributed by atoms with E-state index in [9.17, 15) is 15.2 Å². The van der Waals surface area contributed by atoms with Crippen LogP contribution in [-0.4, -0.2) is 22.2 Å². The van der Waals surface area contributed by atoms with Crippen molar-refractivity contribution >= 4 is 17.3 Å². The molecule has 1 saturated carbocycles. The van der Waals surface area contributed by atoms with Crippen molar-refractivity contribution in [3.8, 4) is 0 Å². The van der Waals surface area contributed by atoms with Crippen molar-refractivity contribution < 1.29 is 10.0 Å². The van der Waals surface area contributed by atoms with Crippen LogP contribution in [0, 0.1) is 10.1 Å². The first-order chi connectivity index (χ1) is 9.50. The van der Waals surface area contributed by atoms with E-state index in [0.29, 0.717) is 23.7 Å². The number of nitro benzene ring substituents is 1. The summed E-state index contributed by atoms with van der Waals surface area (Å²) < 4.78 is 0. The molecule has 0 saturated heterocycles. The highest BCUT2D eigenvalue weighted by Crippen LogP contribution is 2.28. The third-order valence-corrected chi connectivity index (χ3v) is 4.03. The number of hydrogen-bond acceptors (Lipinski definition) is 4. The maximum absolute atomic E-state index is 11.0. The smallest absolute Gasteiger partial charge is 0.275 e. The molecule has 0 heterocycles. The molecular weight excluding hydrogens is 280 g/mol. The topological polar surface area (TPSA) is 75.4 Å². The van der Waals surface area contributed by atoms with E-state index in [2.05, 4.69) is 5.32 Å². The maximum Gasteiger partial charge on any atom is 0.275 e. The Morgan fingerprint density at radius 2 is 2.05 bits per heavy atom. The summed E-state index contributed by atoms with van der Waals surface area (Å²) in [4.78, 5) is 10.5. The number of benzene rings is 1. The largest absolute Gasteiger partial charge is 0.389 e. The van der Waals surface area contributed by atoms with Gasteiger partial charge in [-0.15, -0.1) is 0 Å². The van der Waals surface area contributed by atoms with Crippen LogP contribution in [0.2, 0.25) is 5.02 Å². The Labute approximate surface area is 123 Å². The Bertz CT molecular complexity index is 487. The molecule has 0 radical (unpaired) electrons. The fraction of sp³-hybridized carbons (Fsp3) is 0.571. The second-order valence-corrected chi connectivity index (χ2v) is 5.86. The fourth-order valence-electron chi connectivity index (χ4n) is 2.67. The first kappa shape index (κ1) is 15.2. The number of nitrogens with one attached hydrogen (secondary N) is 1. The molecule has 20 heavy (non-hydrogen) atoms. The van der Waals surface area contributed by atoms with E-state index in [-0.39, 0.29) is 5.69 Å². The van der Waals surface area contributed by atoms with Crippen LogP contribution in [0.3, 0.4) is 0 Å². The Hall–Kier alpha value is -1.17. The minimum absolute atomic E-state index is 0.0145. The van der Waals surface area contributed by atoms with Gasteiger partial charge in [0, 0.05) is 29.7 Å². The van der Waals surface area contributed by atoms with E-state index in [0.717, 1.165) is 25.7 Å². The summed E-state index contributed by atoms with van der Waals surface area (Å²) in [5.74, 6) is 0. The van der Waals surface area contributed by atoms with Gasteiger partial charge in [0.05, 0.1) is 10.5 Å². The molecule has 5 nitrogen and oxygen atoms in total. The Morgan fingerprint density at radius 3 is 2.70 bits per heavy atom. The average Bonchev–Trinajstić information content (AvgIpc) is 2.41. The maximum atomic E-state index is 11.0. The van der Waals surface area contributed by atoms with Crippen LogP contribution in [0.1, 0.15) is 37.7 Å². The monoisotopic (exact) mass is 298 g/mol. The first-order valence-electron chi connectivity index (χ1n) is 6.86. The van der Waals surface area contributed by atoms with Crippen molar-refractivity contribution in [3.63, 3.8) is 0 Å². The zero-order valence-electron chi connectivity index (χ0n) is 11.3. The van der Waals surface area contributed by atoms with Gasteiger partial charge in [0.25, 0.3) is 5.69 Å². The summed E-state index contributed by atoms with van der Waals surface area (Å²) in [6, 6.07) is 4.65. The summed E-state index contributed by atoms with van der Waals surface area (Å²) in [6.45, 7) is 0.822. The Kier molecular flexibility index (Phi) is 4.96. The standard InChI is InChI=1S/C14H19ClN2O3/c15-12-5-4-11(13(8-12)17(19)20)9-16-10-14(18)6-2-1-3-7-14/h4-5,8,16,18H,1-3,6-7,9-10H2. The predicted octanol–water partition coefficient (Wildman–Crippen LogP) is 3.03. The second kappa shape index (κ2) is 6.52. The van der Waals surface area contributed by atoms with Crippen molar-refractivity contribution in [1.82, 2.24) is 5.32 Å². The highest BCUT2D eigenvalue weighted by Gasteiger charge is 2.28. The fourth-order valence-corrected chi connectivity index (χ4v) is 2.84. The SMILES string of the molecule is O=[N+]([O-])c1cc(Cl)ccc1CNCC1(O)CCCCC1.